The Hall–Kier alpha value is -0.760. The van der Waals surface area contributed by atoms with Crippen LogP contribution in [0.1, 0.15) is 6.92 Å². The summed E-state index contributed by atoms with van der Waals surface area (Å²) >= 11 is 4.15. The van der Waals surface area contributed by atoms with Gasteiger partial charge in [-0.25, -0.2) is 0 Å². The predicted octanol–water partition coefficient (Wildman–Crippen LogP) is 2.34. The van der Waals surface area contributed by atoms with Crippen molar-refractivity contribution in [2.45, 2.75) is 6.92 Å². The van der Waals surface area contributed by atoms with Crippen molar-refractivity contribution in [1.29, 1.82) is 5.41 Å². The van der Waals surface area contributed by atoms with Gasteiger partial charge in [-0.2, -0.15) is 0 Å². The van der Waals surface area contributed by atoms with Crippen molar-refractivity contribution in [2.75, 3.05) is 0 Å². The van der Waals surface area contributed by atoms with E-state index in [0.29, 0.717) is 5.71 Å². The van der Waals surface area contributed by atoms with Crippen molar-refractivity contribution < 1.29 is 0 Å². The number of thiol groups is 1. The van der Waals surface area contributed by atoms with Crippen LogP contribution in [-0.4, -0.2) is 5.71 Å². The van der Waals surface area contributed by atoms with Crippen LogP contribution in [0.4, 0.5) is 0 Å². The smallest absolute Gasteiger partial charge is 0.0619 e. The van der Waals surface area contributed by atoms with Gasteiger partial charge in [0.25, 0.3) is 0 Å². The standard InChI is InChI=1S/C8H9NS/c1-6(10)7-4-2-3-5-8(7)9/h2-5,9-10H,1H3/b7-6-,9-8?. The lowest BCUT2D eigenvalue weighted by Crippen LogP contribution is -1.98. The molecule has 0 aromatic rings. The molecule has 0 atom stereocenters. The number of rotatable bonds is 0. The second kappa shape index (κ2) is 2.88. The molecule has 1 aliphatic carbocycles. The SMILES string of the molecule is C/C(S)=C1\C=CC=CC1=N. The highest BCUT2D eigenvalue weighted by atomic mass is 32.1. The minimum atomic E-state index is 0.537. The van der Waals surface area contributed by atoms with E-state index in [9.17, 15) is 0 Å². The van der Waals surface area contributed by atoms with Crippen LogP contribution in [0.15, 0.2) is 34.8 Å². The minimum Gasteiger partial charge on any atom is -0.300 e. The first-order valence-electron chi connectivity index (χ1n) is 3.05. The van der Waals surface area contributed by atoms with E-state index in [4.69, 9.17) is 5.41 Å². The first kappa shape index (κ1) is 7.35. The molecule has 0 radical (unpaired) electrons. The molecule has 1 N–H and O–H groups in total. The summed E-state index contributed by atoms with van der Waals surface area (Å²) in [5.41, 5.74) is 1.45. The molecule has 2 heteroatoms. The molecule has 0 saturated carbocycles. The molecule has 1 nitrogen and oxygen atoms in total. The molecule has 0 unspecified atom stereocenters. The van der Waals surface area contributed by atoms with E-state index < -0.39 is 0 Å². The molecule has 0 aromatic carbocycles. The van der Waals surface area contributed by atoms with Crippen molar-refractivity contribution in [3.05, 3.63) is 34.8 Å². The van der Waals surface area contributed by atoms with Gasteiger partial charge in [0.15, 0.2) is 0 Å². The largest absolute Gasteiger partial charge is 0.300 e. The Morgan fingerprint density at radius 2 is 2.00 bits per heavy atom. The molecule has 0 aromatic heterocycles. The zero-order valence-corrected chi connectivity index (χ0v) is 6.65. The maximum atomic E-state index is 7.43. The summed E-state index contributed by atoms with van der Waals surface area (Å²) in [6.07, 6.45) is 7.41. The van der Waals surface area contributed by atoms with Gasteiger partial charge in [-0.1, -0.05) is 18.2 Å². The Morgan fingerprint density at radius 1 is 1.40 bits per heavy atom. The van der Waals surface area contributed by atoms with Crippen molar-refractivity contribution in [3.63, 3.8) is 0 Å². The molecule has 0 spiro atoms. The molecule has 0 bridgehead atoms. The highest BCUT2D eigenvalue weighted by Gasteiger charge is 2.02. The van der Waals surface area contributed by atoms with E-state index in [1.165, 1.54) is 0 Å². The summed E-state index contributed by atoms with van der Waals surface area (Å²) < 4.78 is 0. The van der Waals surface area contributed by atoms with E-state index in [1.807, 2.05) is 25.2 Å². The van der Waals surface area contributed by atoms with Crippen LogP contribution in [0.2, 0.25) is 0 Å². The fourth-order valence-corrected chi connectivity index (χ4v) is 0.994. The van der Waals surface area contributed by atoms with Gasteiger partial charge in [-0.05, 0) is 17.9 Å². The zero-order valence-electron chi connectivity index (χ0n) is 5.76. The van der Waals surface area contributed by atoms with E-state index >= 15 is 0 Å². The highest BCUT2D eigenvalue weighted by Crippen LogP contribution is 2.14. The number of allylic oxidation sites excluding steroid dienone is 6. The van der Waals surface area contributed by atoms with Gasteiger partial charge in [0.1, 0.15) is 0 Å². The number of hydrogen-bond acceptors (Lipinski definition) is 2. The first-order chi connectivity index (χ1) is 4.72. The van der Waals surface area contributed by atoms with Crippen LogP contribution < -0.4 is 0 Å². The Morgan fingerprint density at radius 3 is 2.40 bits per heavy atom. The fraction of sp³-hybridized carbons (Fsp3) is 0.125. The molecule has 0 heterocycles. The third-order valence-corrected chi connectivity index (χ3v) is 1.56. The fourth-order valence-electron chi connectivity index (χ4n) is 0.799. The normalized spacial score (nSPS) is 21.6. The van der Waals surface area contributed by atoms with Gasteiger partial charge >= 0.3 is 0 Å². The molecule has 1 aliphatic rings. The van der Waals surface area contributed by atoms with Gasteiger partial charge in [-0.3, -0.25) is 0 Å². The molecular weight excluding hydrogens is 142 g/mol. The van der Waals surface area contributed by atoms with Crippen molar-refractivity contribution in [2.24, 2.45) is 0 Å². The second-order valence-corrected chi connectivity index (χ2v) is 2.80. The Bertz CT molecular complexity index is 242. The zero-order chi connectivity index (χ0) is 7.56. The molecule has 0 amide bonds. The Kier molecular flexibility index (Phi) is 2.12. The van der Waals surface area contributed by atoms with E-state index in [-0.39, 0.29) is 0 Å². The third-order valence-electron chi connectivity index (χ3n) is 1.32. The Labute approximate surface area is 66.1 Å². The van der Waals surface area contributed by atoms with E-state index in [1.54, 1.807) is 6.08 Å². The molecule has 1 rings (SSSR count). The second-order valence-electron chi connectivity index (χ2n) is 2.13. The molecule has 0 fully saturated rings. The van der Waals surface area contributed by atoms with Gasteiger partial charge in [0.05, 0.1) is 5.71 Å². The molecule has 10 heavy (non-hydrogen) atoms. The lowest BCUT2D eigenvalue weighted by Gasteiger charge is -2.04. The highest BCUT2D eigenvalue weighted by molar-refractivity contribution is 7.84. The van der Waals surface area contributed by atoms with Gasteiger partial charge in [-0.15, -0.1) is 12.6 Å². The maximum Gasteiger partial charge on any atom is 0.0619 e. The Balaban J connectivity index is 3.02. The van der Waals surface area contributed by atoms with Crippen molar-refractivity contribution in [3.8, 4) is 0 Å². The average molecular weight is 151 g/mol. The summed E-state index contributed by atoms with van der Waals surface area (Å²) in [5.74, 6) is 0. The van der Waals surface area contributed by atoms with Crippen LogP contribution in [-0.2, 0) is 0 Å². The monoisotopic (exact) mass is 151 g/mol. The van der Waals surface area contributed by atoms with Crippen LogP contribution in [0.3, 0.4) is 0 Å². The summed E-state index contributed by atoms with van der Waals surface area (Å²) in [7, 11) is 0. The van der Waals surface area contributed by atoms with Crippen molar-refractivity contribution >= 4 is 18.3 Å². The van der Waals surface area contributed by atoms with Gasteiger partial charge in [0, 0.05) is 5.57 Å². The lowest BCUT2D eigenvalue weighted by atomic mass is 10.1. The number of hydrogen-bond donors (Lipinski definition) is 2. The van der Waals surface area contributed by atoms with Crippen LogP contribution >= 0.6 is 12.6 Å². The van der Waals surface area contributed by atoms with Crippen LogP contribution in [0, 0.1) is 5.41 Å². The van der Waals surface area contributed by atoms with Crippen LogP contribution in [0.5, 0.6) is 0 Å². The quantitative estimate of drug-likeness (QED) is 0.496. The average Bonchev–Trinajstić information content (AvgIpc) is 1.88. The van der Waals surface area contributed by atoms with Crippen molar-refractivity contribution in [1.82, 2.24) is 0 Å². The summed E-state index contributed by atoms with van der Waals surface area (Å²) in [6, 6.07) is 0. The number of nitrogens with one attached hydrogen (secondary N) is 1. The lowest BCUT2D eigenvalue weighted by molar-refractivity contribution is 1.47. The van der Waals surface area contributed by atoms with E-state index in [0.717, 1.165) is 10.5 Å². The predicted molar refractivity (Wildman–Crippen MR) is 47.7 cm³/mol. The van der Waals surface area contributed by atoms with Gasteiger partial charge < -0.3 is 5.41 Å². The first-order valence-corrected chi connectivity index (χ1v) is 3.50. The third kappa shape index (κ3) is 1.39. The summed E-state index contributed by atoms with van der Waals surface area (Å²) in [4.78, 5) is 0.894. The summed E-state index contributed by atoms with van der Waals surface area (Å²) in [6.45, 7) is 1.89. The van der Waals surface area contributed by atoms with Crippen LogP contribution in [0.25, 0.3) is 0 Å². The molecule has 0 aliphatic heterocycles. The molecular formula is C8H9NS. The van der Waals surface area contributed by atoms with E-state index in [2.05, 4.69) is 12.6 Å². The molecule has 0 saturated heterocycles. The van der Waals surface area contributed by atoms with Gasteiger partial charge in [0.2, 0.25) is 0 Å². The topological polar surface area (TPSA) is 23.9 Å². The molecule has 52 valence electrons. The summed E-state index contributed by atoms with van der Waals surface area (Å²) in [5, 5.41) is 7.43. The minimum absolute atomic E-state index is 0.537. The maximum absolute atomic E-state index is 7.43.